The fourth-order valence-electron chi connectivity index (χ4n) is 2.01. The van der Waals surface area contributed by atoms with Crippen LogP contribution in [0.15, 0.2) is 18.7 Å². The fraction of sp³-hybridized carbons (Fsp3) is 0.412. The van der Waals surface area contributed by atoms with Crippen LogP contribution >= 0.6 is 0 Å². The topological polar surface area (TPSA) is 73.9 Å². The van der Waals surface area contributed by atoms with E-state index >= 15 is 0 Å². The normalized spacial score (nSPS) is 9.91. The second-order valence-electron chi connectivity index (χ2n) is 4.80. The molecule has 0 saturated heterocycles. The van der Waals surface area contributed by atoms with Gasteiger partial charge in [-0.1, -0.05) is 19.9 Å². The van der Waals surface area contributed by atoms with Gasteiger partial charge in [0.05, 0.1) is 32.0 Å². The number of hydrogen-bond acceptors (Lipinski definition) is 6. The lowest BCUT2D eigenvalue weighted by Gasteiger charge is -2.16. The van der Waals surface area contributed by atoms with E-state index < -0.39 is 11.9 Å². The molecule has 0 fully saturated rings. The van der Waals surface area contributed by atoms with Crippen LogP contribution in [0.25, 0.3) is 5.76 Å². The molecule has 0 atom stereocenters. The number of carbonyl (C=O) groups is 2. The average Bonchev–Trinajstić information content (AvgIpc) is 2.59. The van der Waals surface area contributed by atoms with Crippen molar-refractivity contribution < 1.29 is 23.8 Å². The Kier molecular flexibility index (Phi) is 7.12. The van der Waals surface area contributed by atoms with E-state index in [1.165, 1.54) is 26.4 Å². The van der Waals surface area contributed by atoms with Gasteiger partial charge in [0.15, 0.2) is 0 Å². The summed E-state index contributed by atoms with van der Waals surface area (Å²) < 4.78 is 15.1. The first kappa shape index (κ1) is 18.5. The largest absolute Gasteiger partial charge is 0.494 e. The van der Waals surface area contributed by atoms with Crippen LogP contribution in [0.3, 0.4) is 0 Å². The first-order chi connectivity index (χ1) is 11.0. The molecule has 0 saturated carbocycles. The van der Waals surface area contributed by atoms with Gasteiger partial charge in [0.25, 0.3) is 0 Å². The van der Waals surface area contributed by atoms with Gasteiger partial charge < -0.3 is 19.5 Å². The van der Waals surface area contributed by atoms with Crippen molar-refractivity contribution in [1.82, 2.24) is 0 Å². The predicted octanol–water partition coefficient (Wildman–Crippen LogP) is 3.09. The van der Waals surface area contributed by atoms with Crippen LogP contribution in [-0.4, -0.2) is 39.8 Å². The molecule has 0 unspecified atom stereocenters. The number of unbranched alkanes of at least 4 members (excludes halogenated alkanes) is 1. The van der Waals surface area contributed by atoms with E-state index in [2.05, 4.69) is 11.9 Å². The monoisotopic (exact) mass is 321 g/mol. The molecule has 0 heterocycles. The highest BCUT2D eigenvalue weighted by atomic mass is 16.5. The van der Waals surface area contributed by atoms with Gasteiger partial charge in [-0.05, 0) is 18.6 Å². The Hall–Kier alpha value is -2.50. The van der Waals surface area contributed by atoms with Gasteiger partial charge in [-0.3, -0.25) is 0 Å². The third-order valence-corrected chi connectivity index (χ3v) is 3.31. The summed E-state index contributed by atoms with van der Waals surface area (Å²) in [4.78, 5) is 24.0. The third-order valence-electron chi connectivity index (χ3n) is 3.31. The predicted molar refractivity (Wildman–Crippen MR) is 88.6 cm³/mol. The molecule has 0 aliphatic carbocycles. The van der Waals surface area contributed by atoms with E-state index in [0.717, 1.165) is 12.8 Å². The maximum absolute atomic E-state index is 12.0. The summed E-state index contributed by atoms with van der Waals surface area (Å²) in [5.41, 5.74) is 1.43. The molecular weight excluding hydrogens is 298 g/mol. The van der Waals surface area contributed by atoms with E-state index in [1.807, 2.05) is 6.92 Å². The van der Waals surface area contributed by atoms with Crippen molar-refractivity contribution in [1.29, 1.82) is 0 Å². The molecule has 0 radical (unpaired) electrons. The van der Waals surface area contributed by atoms with Crippen molar-refractivity contribution >= 4 is 23.4 Å². The van der Waals surface area contributed by atoms with Gasteiger partial charge in [0.2, 0.25) is 0 Å². The fourth-order valence-corrected chi connectivity index (χ4v) is 2.01. The molecule has 6 heteroatoms. The Labute approximate surface area is 136 Å². The molecule has 0 aliphatic heterocycles. The number of hydrogen-bond donors (Lipinski definition) is 1. The number of methoxy groups -OCH3 is 2. The van der Waals surface area contributed by atoms with Crippen LogP contribution in [-0.2, 0) is 14.2 Å². The van der Waals surface area contributed by atoms with Crippen LogP contribution in [0.1, 0.15) is 46.0 Å². The van der Waals surface area contributed by atoms with Crippen LogP contribution in [0.5, 0.6) is 0 Å². The number of benzene rings is 1. The first-order valence-corrected chi connectivity index (χ1v) is 7.34. The second kappa shape index (κ2) is 8.82. The smallest absolute Gasteiger partial charge is 0.339 e. The van der Waals surface area contributed by atoms with Crippen molar-refractivity contribution in [3.63, 3.8) is 0 Å². The molecule has 0 bridgehead atoms. The van der Waals surface area contributed by atoms with E-state index in [9.17, 15) is 9.59 Å². The zero-order chi connectivity index (χ0) is 17.4. The standard InChI is InChI=1S/C17H23NO5/c1-6-7-8-23-11(2)12-9-14(17(20)22-5)15(18-3)10-13(12)16(19)21-4/h9-10,18H,2,6-8H2,1,3-5H3. The van der Waals surface area contributed by atoms with Gasteiger partial charge in [-0.2, -0.15) is 0 Å². The summed E-state index contributed by atoms with van der Waals surface area (Å²) in [6.07, 6.45) is 1.84. The summed E-state index contributed by atoms with van der Waals surface area (Å²) in [6.45, 7) is 6.38. The number of rotatable bonds is 8. The van der Waals surface area contributed by atoms with Gasteiger partial charge in [0.1, 0.15) is 5.76 Å². The number of esters is 2. The van der Waals surface area contributed by atoms with Crippen molar-refractivity contribution in [2.75, 3.05) is 33.2 Å². The number of anilines is 1. The molecule has 6 nitrogen and oxygen atoms in total. The molecule has 0 aromatic heterocycles. The van der Waals surface area contributed by atoms with Gasteiger partial charge in [0, 0.05) is 18.3 Å². The molecule has 23 heavy (non-hydrogen) atoms. The minimum absolute atomic E-state index is 0.269. The van der Waals surface area contributed by atoms with E-state index in [0.29, 0.717) is 23.6 Å². The quantitative estimate of drug-likeness (QED) is 0.450. The number of carbonyl (C=O) groups excluding carboxylic acids is 2. The molecule has 0 amide bonds. The molecule has 1 N–H and O–H groups in total. The SMILES string of the molecule is C=C(OCCCC)c1cc(C(=O)OC)c(NC)cc1C(=O)OC. The van der Waals surface area contributed by atoms with Gasteiger partial charge >= 0.3 is 11.9 Å². The average molecular weight is 321 g/mol. The zero-order valence-electron chi connectivity index (χ0n) is 14.0. The Morgan fingerprint density at radius 2 is 1.70 bits per heavy atom. The lowest BCUT2D eigenvalue weighted by atomic mass is 10.0. The Balaban J connectivity index is 3.35. The van der Waals surface area contributed by atoms with Gasteiger partial charge in [-0.25, -0.2) is 9.59 Å². The first-order valence-electron chi connectivity index (χ1n) is 7.34. The molecular formula is C17H23NO5. The second-order valence-corrected chi connectivity index (χ2v) is 4.80. The minimum atomic E-state index is -0.534. The van der Waals surface area contributed by atoms with Crippen molar-refractivity contribution in [3.8, 4) is 0 Å². The minimum Gasteiger partial charge on any atom is -0.494 e. The van der Waals surface area contributed by atoms with E-state index in [-0.39, 0.29) is 11.1 Å². The Morgan fingerprint density at radius 1 is 1.09 bits per heavy atom. The number of ether oxygens (including phenoxy) is 3. The maximum atomic E-state index is 12.0. The van der Waals surface area contributed by atoms with Crippen molar-refractivity contribution in [2.45, 2.75) is 19.8 Å². The van der Waals surface area contributed by atoms with E-state index in [1.54, 1.807) is 7.05 Å². The highest BCUT2D eigenvalue weighted by Gasteiger charge is 2.21. The zero-order valence-corrected chi connectivity index (χ0v) is 14.0. The Bertz CT molecular complexity index is 595. The number of nitrogens with one attached hydrogen (secondary N) is 1. The van der Waals surface area contributed by atoms with Crippen LogP contribution in [0.2, 0.25) is 0 Å². The van der Waals surface area contributed by atoms with Crippen LogP contribution in [0.4, 0.5) is 5.69 Å². The lowest BCUT2D eigenvalue weighted by molar-refractivity contribution is 0.0586. The Morgan fingerprint density at radius 3 is 2.22 bits per heavy atom. The maximum Gasteiger partial charge on any atom is 0.339 e. The third kappa shape index (κ3) is 4.48. The summed E-state index contributed by atoms with van der Waals surface area (Å²) in [5, 5.41) is 2.87. The van der Waals surface area contributed by atoms with Gasteiger partial charge in [-0.15, -0.1) is 0 Å². The molecule has 0 spiro atoms. The highest BCUT2D eigenvalue weighted by Crippen LogP contribution is 2.28. The van der Waals surface area contributed by atoms with Crippen molar-refractivity contribution in [3.05, 3.63) is 35.4 Å². The summed E-state index contributed by atoms with van der Waals surface area (Å²) >= 11 is 0. The van der Waals surface area contributed by atoms with E-state index in [4.69, 9.17) is 14.2 Å². The van der Waals surface area contributed by atoms with Crippen LogP contribution in [0, 0.1) is 0 Å². The molecule has 1 rings (SSSR count). The summed E-state index contributed by atoms with van der Waals surface area (Å²) in [7, 11) is 4.23. The summed E-state index contributed by atoms with van der Waals surface area (Å²) in [5.74, 6) is -0.742. The summed E-state index contributed by atoms with van der Waals surface area (Å²) in [6, 6.07) is 3.06. The molecule has 1 aromatic rings. The highest BCUT2D eigenvalue weighted by molar-refractivity contribution is 6.02. The molecule has 126 valence electrons. The van der Waals surface area contributed by atoms with Crippen LogP contribution < -0.4 is 5.32 Å². The lowest BCUT2D eigenvalue weighted by Crippen LogP contribution is -2.12. The molecule has 0 aliphatic rings. The molecule has 1 aromatic carbocycles. The van der Waals surface area contributed by atoms with Crippen molar-refractivity contribution in [2.24, 2.45) is 0 Å².